The summed E-state index contributed by atoms with van der Waals surface area (Å²) in [5, 5.41) is 5.42. The van der Waals surface area contributed by atoms with Crippen molar-refractivity contribution in [2.75, 3.05) is 10.6 Å². The van der Waals surface area contributed by atoms with E-state index >= 15 is 0 Å². The summed E-state index contributed by atoms with van der Waals surface area (Å²) in [5.41, 5.74) is 3.46. The molecule has 20 heavy (non-hydrogen) atoms. The number of carbonyl (C=O) groups excluding carboxylic acids is 1. The number of pyridine rings is 1. The number of anilines is 2. The second kappa shape index (κ2) is 5.00. The monoisotopic (exact) mass is 267 g/mol. The minimum atomic E-state index is -0.333. The Balaban J connectivity index is 1.70. The van der Waals surface area contributed by atoms with Crippen molar-refractivity contribution in [1.29, 1.82) is 0 Å². The van der Waals surface area contributed by atoms with Crippen LogP contribution in [-0.4, -0.2) is 21.0 Å². The highest BCUT2D eigenvalue weighted by atomic mass is 16.2. The first kappa shape index (κ1) is 12.2. The lowest BCUT2D eigenvalue weighted by atomic mass is 10.3. The van der Waals surface area contributed by atoms with Crippen LogP contribution in [0.15, 0.2) is 42.9 Å². The zero-order valence-electron chi connectivity index (χ0n) is 10.8. The third-order valence-corrected chi connectivity index (χ3v) is 2.83. The van der Waals surface area contributed by atoms with Gasteiger partial charge in [0.2, 0.25) is 0 Å². The molecule has 100 valence electrons. The van der Waals surface area contributed by atoms with Crippen LogP contribution < -0.4 is 10.6 Å². The van der Waals surface area contributed by atoms with Gasteiger partial charge in [-0.1, -0.05) is 6.07 Å². The number of urea groups is 1. The first-order valence-corrected chi connectivity index (χ1v) is 6.14. The van der Waals surface area contributed by atoms with Gasteiger partial charge >= 0.3 is 6.03 Å². The SMILES string of the molecule is Cc1ccc(NC(=O)Nc2ccc3nc[nH]c3c2)nc1. The van der Waals surface area contributed by atoms with Gasteiger partial charge in [0.05, 0.1) is 17.4 Å². The topological polar surface area (TPSA) is 82.7 Å². The maximum Gasteiger partial charge on any atom is 0.324 e. The predicted molar refractivity (Wildman–Crippen MR) is 77.7 cm³/mol. The number of benzene rings is 1. The molecule has 0 fully saturated rings. The van der Waals surface area contributed by atoms with Crippen LogP contribution in [0.1, 0.15) is 5.56 Å². The smallest absolute Gasteiger partial charge is 0.324 e. The molecule has 3 aromatic rings. The fourth-order valence-corrected chi connectivity index (χ4v) is 1.83. The van der Waals surface area contributed by atoms with Gasteiger partial charge in [0.1, 0.15) is 5.82 Å². The van der Waals surface area contributed by atoms with Crippen molar-refractivity contribution >= 4 is 28.6 Å². The zero-order valence-corrected chi connectivity index (χ0v) is 10.8. The van der Waals surface area contributed by atoms with Gasteiger partial charge in [-0.3, -0.25) is 5.32 Å². The highest BCUT2D eigenvalue weighted by molar-refractivity contribution is 6.00. The second-order valence-corrected chi connectivity index (χ2v) is 4.43. The number of rotatable bonds is 2. The predicted octanol–water partition coefficient (Wildman–Crippen LogP) is 2.91. The lowest BCUT2D eigenvalue weighted by Crippen LogP contribution is -2.20. The summed E-state index contributed by atoms with van der Waals surface area (Å²) in [6.45, 7) is 1.94. The first-order valence-electron chi connectivity index (χ1n) is 6.14. The van der Waals surface area contributed by atoms with E-state index in [1.54, 1.807) is 24.7 Å². The van der Waals surface area contributed by atoms with Gasteiger partial charge in [0.25, 0.3) is 0 Å². The van der Waals surface area contributed by atoms with Crippen molar-refractivity contribution < 1.29 is 4.79 Å². The summed E-state index contributed by atoms with van der Waals surface area (Å²) in [6, 6.07) is 8.77. The molecule has 2 aromatic heterocycles. The molecule has 0 aliphatic heterocycles. The first-order chi connectivity index (χ1) is 9.70. The molecule has 0 aliphatic carbocycles. The number of H-pyrrole nitrogens is 1. The standard InChI is InChI=1S/C14H13N5O/c1-9-2-5-13(15-7-9)19-14(20)18-10-3-4-11-12(6-10)17-8-16-11/h2-8H,1H3,(H,16,17)(H2,15,18,19,20). The average molecular weight is 267 g/mol. The van der Waals surface area contributed by atoms with Gasteiger partial charge in [0, 0.05) is 11.9 Å². The van der Waals surface area contributed by atoms with E-state index in [-0.39, 0.29) is 6.03 Å². The van der Waals surface area contributed by atoms with Crippen molar-refractivity contribution in [2.24, 2.45) is 0 Å². The van der Waals surface area contributed by atoms with E-state index in [0.717, 1.165) is 16.6 Å². The van der Waals surface area contributed by atoms with Gasteiger partial charge in [-0.2, -0.15) is 0 Å². The summed E-state index contributed by atoms with van der Waals surface area (Å²) in [7, 11) is 0. The summed E-state index contributed by atoms with van der Waals surface area (Å²) < 4.78 is 0. The Morgan fingerprint density at radius 3 is 2.85 bits per heavy atom. The van der Waals surface area contributed by atoms with Crippen molar-refractivity contribution in [3.8, 4) is 0 Å². The van der Waals surface area contributed by atoms with E-state index in [0.29, 0.717) is 11.5 Å². The highest BCUT2D eigenvalue weighted by Crippen LogP contribution is 2.15. The molecule has 0 aliphatic rings. The maximum atomic E-state index is 11.9. The Hall–Kier alpha value is -2.89. The summed E-state index contributed by atoms with van der Waals surface area (Å²) in [5.74, 6) is 0.510. The summed E-state index contributed by atoms with van der Waals surface area (Å²) in [6.07, 6.45) is 3.32. The van der Waals surface area contributed by atoms with Gasteiger partial charge < -0.3 is 10.3 Å². The number of hydrogen-bond donors (Lipinski definition) is 3. The lowest BCUT2D eigenvalue weighted by molar-refractivity contribution is 0.262. The van der Waals surface area contributed by atoms with Gasteiger partial charge in [-0.25, -0.2) is 14.8 Å². The fraction of sp³-hybridized carbons (Fsp3) is 0.0714. The number of aryl methyl sites for hydroxylation is 1. The third kappa shape index (κ3) is 2.59. The normalized spacial score (nSPS) is 10.4. The Morgan fingerprint density at radius 1 is 1.15 bits per heavy atom. The van der Waals surface area contributed by atoms with Crippen LogP contribution in [0.5, 0.6) is 0 Å². The van der Waals surface area contributed by atoms with E-state index in [4.69, 9.17) is 0 Å². The summed E-state index contributed by atoms with van der Waals surface area (Å²) in [4.78, 5) is 23.1. The minimum absolute atomic E-state index is 0.333. The molecule has 6 nitrogen and oxygen atoms in total. The minimum Gasteiger partial charge on any atom is -0.345 e. The van der Waals surface area contributed by atoms with Crippen LogP contribution in [0.25, 0.3) is 11.0 Å². The van der Waals surface area contributed by atoms with E-state index in [9.17, 15) is 4.79 Å². The highest BCUT2D eigenvalue weighted by Gasteiger charge is 2.04. The van der Waals surface area contributed by atoms with Crippen molar-refractivity contribution in [3.63, 3.8) is 0 Å². The number of fused-ring (bicyclic) bond motifs is 1. The van der Waals surface area contributed by atoms with Gasteiger partial charge in [0.15, 0.2) is 0 Å². The van der Waals surface area contributed by atoms with E-state index in [1.165, 1.54) is 0 Å². The van der Waals surface area contributed by atoms with Crippen LogP contribution >= 0.6 is 0 Å². The molecule has 2 amide bonds. The average Bonchev–Trinajstić information content (AvgIpc) is 2.89. The fourth-order valence-electron chi connectivity index (χ4n) is 1.83. The van der Waals surface area contributed by atoms with Crippen LogP contribution in [-0.2, 0) is 0 Å². The van der Waals surface area contributed by atoms with Gasteiger partial charge in [-0.05, 0) is 36.8 Å². The van der Waals surface area contributed by atoms with Crippen molar-refractivity contribution in [2.45, 2.75) is 6.92 Å². The number of imidazole rings is 1. The molecule has 2 heterocycles. The lowest BCUT2D eigenvalue weighted by Gasteiger charge is -2.07. The maximum absolute atomic E-state index is 11.9. The Kier molecular flexibility index (Phi) is 3.04. The number of hydrogen-bond acceptors (Lipinski definition) is 3. The molecule has 1 aromatic carbocycles. The molecule has 3 N–H and O–H groups in total. The van der Waals surface area contributed by atoms with Crippen LogP contribution in [0.4, 0.5) is 16.3 Å². The van der Waals surface area contributed by atoms with Gasteiger partial charge in [-0.15, -0.1) is 0 Å². The molecule has 6 heteroatoms. The number of nitrogens with one attached hydrogen (secondary N) is 3. The number of amides is 2. The Labute approximate surface area is 115 Å². The molecule has 0 atom stereocenters. The molecular formula is C14H13N5O. The number of nitrogens with zero attached hydrogens (tertiary/aromatic N) is 2. The Bertz CT molecular complexity index is 748. The van der Waals surface area contributed by atoms with E-state index in [2.05, 4.69) is 25.6 Å². The number of aromatic amines is 1. The van der Waals surface area contributed by atoms with E-state index < -0.39 is 0 Å². The number of aromatic nitrogens is 3. The number of carbonyl (C=O) groups is 1. The van der Waals surface area contributed by atoms with Crippen LogP contribution in [0.3, 0.4) is 0 Å². The van der Waals surface area contributed by atoms with E-state index in [1.807, 2.05) is 25.1 Å². The molecule has 0 saturated carbocycles. The van der Waals surface area contributed by atoms with Crippen LogP contribution in [0, 0.1) is 6.92 Å². The molecule has 0 saturated heterocycles. The molecule has 0 spiro atoms. The van der Waals surface area contributed by atoms with Crippen LogP contribution in [0.2, 0.25) is 0 Å². The van der Waals surface area contributed by atoms with Crippen molar-refractivity contribution in [1.82, 2.24) is 15.0 Å². The molecule has 3 rings (SSSR count). The molecule has 0 bridgehead atoms. The summed E-state index contributed by atoms with van der Waals surface area (Å²) >= 11 is 0. The zero-order chi connectivity index (χ0) is 13.9. The Morgan fingerprint density at radius 2 is 2.05 bits per heavy atom. The molecule has 0 radical (unpaired) electrons. The third-order valence-electron chi connectivity index (χ3n) is 2.83. The second-order valence-electron chi connectivity index (χ2n) is 4.43. The van der Waals surface area contributed by atoms with Crippen molar-refractivity contribution in [3.05, 3.63) is 48.4 Å². The quantitative estimate of drug-likeness (QED) is 0.667. The molecular weight excluding hydrogens is 254 g/mol. The largest absolute Gasteiger partial charge is 0.345 e. The molecule has 0 unspecified atom stereocenters.